The van der Waals surface area contributed by atoms with Crippen LogP contribution < -0.4 is 20.1 Å². The third-order valence-corrected chi connectivity index (χ3v) is 12.0. The molecule has 2 N–H and O–H groups in total. The summed E-state index contributed by atoms with van der Waals surface area (Å²) in [7, 11) is 3.30. The molecular formula is C41H43Cl2N5O5. The van der Waals surface area contributed by atoms with E-state index in [0.717, 1.165) is 76.9 Å². The fourth-order valence-corrected chi connectivity index (χ4v) is 9.16. The van der Waals surface area contributed by atoms with Crippen molar-refractivity contribution in [1.82, 2.24) is 25.5 Å². The van der Waals surface area contributed by atoms with E-state index in [0.29, 0.717) is 54.5 Å². The second-order valence-electron chi connectivity index (χ2n) is 14.3. The number of carbonyl (C=O) groups excluding carboxylic acids is 2. The van der Waals surface area contributed by atoms with Gasteiger partial charge in [-0.25, -0.2) is 9.97 Å². The van der Waals surface area contributed by atoms with E-state index in [1.807, 2.05) is 43.3 Å². The Labute approximate surface area is 319 Å². The molecule has 53 heavy (non-hydrogen) atoms. The van der Waals surface area contributed by atoms with Crippen LogP contribution in [0.4, 0.5) is 0 Å². The van der Waals surface area contributed by atoms with Crippen LogP contribution in [0.1, 0.15) is 66.9 Å². The third kappa shape index (κ3) is 6.64. The first-order chi connectivity index (χ1) is 25.8. The predicted molar refractivity (Wildman–Crippen MR) is 204 cm³/mol. The van der Waals surface area contributed by atoms with Crippen LogP contribution in [0.25, 0.3) is 33.6 Å². The Bertz CT molecular complexity index is 2090. The van der Waals surface area contributed by atoms with Gasteiger partial charge in [-0.15, -0.1) is 0 Å². The first kappa shape index (κ1) is 35.8. The number of methoxy groups -OCH3 is 2. The highest BCUT2D eigenvalue weighted by atomic mass is 35.5. The average Bonchev–Trinajstić information content (AvgIpc) is 3.88. The van der Waals surface area contributed by atoms with E-state index < -0.39 is 0 Å². The Morgan fingerprint density at radius 3 is 2.02 bits per heavy atom. The second-order valence-corrected chi connectivity index (χ2v) is 15.0. The van der Waals surface area contributed by atoms with Gasteiger partial charge in [0.25, 0.3) is 0 Å². The van der Waals surface area contributed by atoms with Crippen molar-refractivity contribution >= 4 is 35.1 Å². The number of benzene rings is 2. The molecule has 2 saturated heterocycles. The van der Waals surface area contributed by atoms with Crippen LogP contribution in [0.5, 0.6) is 11.8 Å². The molecule has 2 aromatic carbocycles. The Kier molecular flexibility index (Phi) is 10.1. The lowest BCUT2D eigenvalue weighted by molar-refractivity contribution is -0.155. The lowest BCUT2D eigenvalue weighted by Crippen LogP contribution is -2.51. The highest BCUT2D eigenvalue weighted by Gasteiger charge is 2.42. The van der Waals surface area contributed by atoms with Gasteiger partial charge < -0.3 is 24.8 Å². The van der Waals surface area contributed by atoms with Gasteiger partial charge in [-0.3, -0.25) is 14.5 Å². The minimum Gasteiger partial charge on any atom is -0.481 e. The fourth-order valence-electron chi connectivity index (χ4n) is 8.51. The largest absolute Gasteiger partial charge is 0.481 e. The zero-order valence-corrected chi connectivity index (χ0v) is 31.6. The van der Waals surface area contributed by atoms with Crippen molar-refractivity contribution in [2.45, 2.75) is 63.6 Å². The van der Waals surface area contributed by atoms with E-state index in [1.54, 1.807) is 14.2 Å². The molecule has 10 nitrogen and oxygen atoms in total. The molecule has 8 rings (SSSR count). The van der Waals surface area contributed by atoms with E-state index in [-0.39, 0.29) is 35.9 Å². The second kappa shape index (κ2) is 14.9. The number of ether oxygens (including phenoxy) is 3. The summed E-state index contributed by atoms with van der Waals surface area (Å²) in [4.78, 5) is 36.2. The van der Waals surface area contributed by atoms with Crippen LogP contribution in [-0.2, 0) is 27.2 Å². The number of carbonyl (C=O) groups is 2. The molecule has 3 atom stereocenters. The SMILES string of the molecule is CCOC(=O)C1CN(C2CCc3cc(-c4cccc(-c5cccc(-c6cc7c(c(OC)n6)[C@H](NC[C@@H]6CCC(=O)N6)CC7)c5Cl)c4Cl)nc(OC)c32)C1. The van der Waals surface area contributed by atoms with Crippen LogP contribution in [0.15, 0.2) is 48.5 Å². The number of aryl methyl sites for hydroxylation is 2. The number of nitrogens with zero attached hydrogens (tertiary/aromatic N) is 3. The lowest BCUT2D eigenvalue weighted by atomic mass is 9.95. The molecule has 276 valence electrons. The molecule has 2 fully saturated rings. The van der Waals surface area contributed by atoms with Gasteiger partial charge in [0, 0.05) is 77.6 Å². The topological polar surface area (TPSA) is 115 Å². The summed E-state index contributed by atoms with van der Waals surface area (Å²) in [5.41, 5.74) is 9.13. The van der Waals surface area contributed by atoms with Crippen LogP contribution in [-0.4, -0.2) is 73.2 Å². The molecule has 4 aliphatic rings. The quantitative estimate of drug-likeness (QED) is 0.154. The minimum atomic E-state index is -0.124. The van der Waals surface area contributed by atoms with Crippen LogP contribution >= 0.6 is 23.2 Å². The molecule has 4 heterocycles. The molecule has 2 aromatic heterocycles. The normalized spacial score (nSPS) is 20.8. The molecule has 0 saturated carbocycles. The third-order valence-electron chi connectivity index (χ3n) is 11.2. The summed E-state index contributed by atoms with van der Waals surface area (Å²) in [6.45, 7) is 4.30. The summed E-state index contributed by atoms with van der Waals surface area (Å²) in [5, 5.41) is 7.77. The summed E-state index contributed by atoms with van der Waals surface area (Å²) in [5.74, 6) is 1.07. The fraction of sp³-hybridized carbons (Fsp3) is 0.415. The molecule has 2 aliphatic carbocycles. The first-order valence-electron chi connectivity index (χ1n) is 18.4. The highest BCUT2D eigenvalue weighted by molar-refractivity contribution is 6.39. The number of esters is 1. The van der Waals surface area contributed by atoms with Gasteiger partial charge in [0.2, 0.25) is 17.7 Å². The number of halogens is 2. The predicted octanol–water partition coefficient (Wildman–Crippen LogP) is 7.14. The van der Waals surface area contributed by atoms with E-state index in [2.05, 4.69) is 27.7 Å². The van der Waals surface area contributed by atoms with Gasteiger partial charge in [0.1, 0.15) is 0 Å². The number of amides is 1. The van der Waals surface area contributed by atoms with Crippen molar-refractivity contribution in [2.24, 2.45) is 5.92 Å². The molecule has 0 radical (unpaired) electrons. The molecule has 12 heteroatoms. The molecule has 4 aromatic rings. The molecular weight excluding hydrogens is 713 g/mol. The summed E-state index contributed by atoms with van der Waals surface area (Å²) < 4.78 is 17.0. The molecule has 2 aliphatic heterocycles. The Balaban J connectivity index is 1.06. The molecule has 1 unspecified atom stereocenters. The highest BCUT2D eigenvalue weighted by Crippen LogP contribution is 2.47. The zero-order chi connectivity index (χ0) is 36.8. The number of nitrogens with one attached hydrogen (secondary N) is 2. The summed E-state index contributed by atoms with van der Waals surface area (Å²) >= 11 is 14.5. The van der Waals surface area contributed by atoms with E-state index in [4.69, 9.17) is 47.4 Å². The van der Waals surface area contributed by atoms with E-state index in [1.165, 1.54) is 11.1 Å². The molecule has 0 spiro atoms. The van der Waals surface area contributed by atoms with Crippen molar-refractivity contribution in [3.05, 3.63) is 80.8 Å². The van der Waals surface area contributed by atoms with Gasteiger partial charge in [0.05, 0.1) is 48.2 Å². The van der Waals surface area contributed by atoms with Crippen LogP contribution in [0, 0.1) is 5.92 Å². The standard InChI is InChI=1S/C41H43Cl2N5O5/c1-4-53-41(50)24-20-48(21-24)33-15-12-23-18-32(47-40(52-3)36(23)33)29-10-6-8-27(38(29)43)26-7-5-9-28(37(26)42)31-17-22-11-14-30(35(22)39(46-31)51-2)44-19-25-13-16-34(49)45-25/h5-10,17-18,24-25,30,33,44H,4,11-16,19-21H2,1-3H3,(H,45,49)/t25-,30+,33?/m0/s1. The number of hydrogen-bond acceptors (Lipinski definition) is 9. The van der Waals surface area contributed by atoms with Crippen LogP contribution in [0.3, 0.4) is 0 Å². The number of fused-ring (bicyclic) bond motifs is 2. The number of rotatable bonds is 11. The minimum absolute atomic E-state index is 0.0851. The van der Waals surface area contributed by atoms with Crippen molar-refractivity contribution in [2.75, 3.05) is 40.5 Å². The molecule has 0 bridgehead atoms. The van der Waals surface area contributed by atoms with Gasteiger partial charge in [-0.05, 0) is 62.3 Å². The maximum Gasteiger partial charge on any atom is 0.311 e. The van der Waals surface area contributed by atoms with Gasteiger partial charge >= 0.3 is 5.97 Å². The van der Waals surface area contributed by atoms with E-state index in [9.17, 15) is 9.59 Å². The number of hydrogen-bond donors (Lipinski definition) is 2. The Hall–Kier alpha value is -4.22. The van der Waals surface area contributed by atoms with Crippen molar-refractivity contribution in [3.8, 4) is 45.4 Å². The summed E-state index contributed by atoms with van der Waals surface area (Å²) in [6, 6.07) is 16.5. The van der Waals surface area contributed by atoms with Crippen molar-refractivity contribution in [3.63, 3.8) is 0 Å². The number of aromatic nitrogens is 2. The average molecular weight is 757 g/mol. The first-order valence-corrected chi connectivity index (χ1v) is 19.2. The van der Waals surface area contributed by atoms with Crippen molar-refractivity contribution < 1.29 is 23.8 Å². The maximum absolute atomic E-state index is 12.2. The van der Waals surface area contributed by atoms with Gasteiger partial charge in [0.15, 0.2) is 0 Å². The number of pyridine rings is 2. The Morgan fingerprint density at radius 2 is 1.43 bits per heavy atom. The van der Waals surface area contributed by atoms with Gasteiger partial charge in [-0.1, -0.05) is 59.6 Å². The van der Waals surface area contributed by atoms with Crippen LogP contribution in [0.2, 0.25) is 10.0 Å². The smallest absolute Gasteiger partial charge is 0.311 e. The Morgan fingerprint density at radius 1 is 0.849 bits per heavy atom. The zero-order valence-electron chi connectivity index (χ0n) is 30.1. The molecule has 1 amide bonds. The van der Waals surface area contributed by atoms with Crippen molar-refractivity contribution in [1.29, 1.82) is 0 Å². The monoisotopic (exact) mass is 755 g/mol. The number of likely N-dealkylation sites (tertiary alicyclic amines) is 1. The maximum atomic E-state index is 12.2. The summed E-state index contributed by atoms with van der Waals surface area (Å²) in [6.07, 6.45) is 5.04. The van der Waals surface area contributed by atoms with Gasteiger partial charge in [-0.2, -0.15) is 0 Å². The van der Waals surface area contributed by atoms with E-state index >= 15 is 0 Å². The lowest BCUT2D eigenvalue weighted by Gasteiger charge is -2.42.